The summed E-state index contributed by atoms with van der Waals surface area (Å²) in [6.07, 6.45) is 0.920. The summed E-state index contributed by atoms with van der Waals surface area (Å²) < 4.78 is 0. The first-order valence-electron chi connectivity index (χ1n) is 15.8. The molecule has 1 N–H and O–H groups in total. The van der Waals surface area contributed by atoms with Crippen LogP contribution >= 0.6 is 0 Å². The second kappa shape index (κ2) is 8.83. The van der Waals surface area contributed by atoms with Crippen LogP contribution in [0.25, 0.3) is 55.2 Å². The van der Waals surface area contributed by atoms with Crippen molar-refractivity contribution in [2.24, 2.45) is 0 Å². The quantitative estimate of drug-likeness (QED) is 0.219. The molecule has 0 unspecified atom stereocenters. The highest BCUT2D eigenvalue weighted by molar-refractivity contribution is 6.07. The zero-order chi connectivity index (χ0) is 29.8. The average molecular weight is 566 g/mol. The molecule has 1 aromatic heterocycles. The molecule has 0 radical (unpaired) electrons. The number of rotatable bonds is 3. The summed E-state index contributed by atoms with van der Waals surface area (Å²) >= 11 is 0. The zero-order valence-electron chi connectivity index (χ0n) is 25.8. The van der Waals surface area contributed by atoms with Crippen LogP contribution in [0, 0.1) is 0 Å². The highest BCUT2D eigenvalue weighted by Crippen LogP contribution is 2.52. The van der Waals surface area contributed by atoms with E-state index in [1.165, 1.54) is 88.6 Å². The molecule has 0 fully saturated rings. The summed E-state index contributed by atoms with van der Waals surface area (Å²) in [5.41, 5.74) is 18.8. The monoisotopic (exact) mass is 565 g/mol. The molecule has 9 rings (SSSR count). The highest BCUT2D eigenvalue weighted by atomic mass is 14.7. The fourth-order valence-corrected chi connectivity index (χ4v) is 8.21. The fourth-order valence-electron chi connectivity index (χ4n) is 8.21. The van der Waals surface area contributed by atoms with Gasteiger partial charge in [-0.3, -0.25) is 0 Å². The average Bonchev–Trinajstić information content (AvgIpc) is 3.60. The van der Waals surface area contributed by atoms with Gasteiger partial charge in [0.2, 0.25) is 0 Å². The molecule has 7 aromatic rings. The summed E-state index contributed by atoms with van der Waals surface area (Å²) in [5, 5.41) is 2.58. The molecular weight excluding hydrogens is 530 g/mol. The van der Waals surface area contributed by atoms with E-state index in [1.807, 2.05) is 0 Å². The second-order valence-corrected chi connectivity index (χ2v) is 13.9. The van der Waals surface area contributed by atoms with E-state index in [1.54, 1.807) is 0 Å². The summed E-state index contributed by atoms with van der Waals surface area (Å²) in [4.78, 5) is 3.61. The maximum absolute atomic E-state index is 3.61. The number of H-pyrrole nitrogens is 1. The van der Waals surface area contributed by atoms with Gasteiger partial charge in [0.1, 0.15) is 0 Å². The Hall–Kier alpha value is -4.88. The Kier molecular flexibility index (Phi) is 5.14. The third-order valence-corrected chi connectivity index (χ3v) is 10.6. The Balaban J connectivity index is 1.06. The van der Waals surface area contributed by atoms with Crippen LogP contribution in [0.2, 0.25) is 0 Å². The second-order valence-electron chi connectivity index (χ2n) is 13.9. The highest BCUT2D eigenvalue weighted by Gasteiger charge is 2.37. The Bertz CT molecular complexity index is 2310. The van der Waals surface area contributed by atoms with Gasteiger partial charge in [-0.25, -0.2) is 0 Å². The number of nitrogens with one attached hydrogen (secondary N) is 1. The van der Waals surface area contributed by atoms with E-state index < -0.39 is 0 Å². The van der Waals surface area contributed by atoms with Crippen molar-refractivity contribution in [2.75, 3.05) is 0 Å². The molecular formula is C43H35N. The van der Waals surface area contributed by atoms with Crippen LogP contribution in [0.15, 0.2) is 121 Å². The smallest absolute Gasteiger partial charge is 0.0467 e. The summed E-state index contributed by atoms with van der Waals surface area (Å²) in [5.74, 6) is 0. The van der Waals surface area contributed by atoms with Crippen molar-refractivity contribution in [1.82, 2.24) is 4.98 Å². The van der Waals surface area contributed by atoms with Gasteiger partial charge in [-0.1, -0.05) is 125 Å². The molecule has 0 bridgehead atoms. The standard InChI is InChI=1S/C43H35N/c1-42(2)36-11-7-5-9-30(36)32-19-15-28(24-38(32)42)29-16-20-33-31-17-13-26(22-37(31)43(3,4)39(33)25-29)21-27-14-18-35-34-10-6-8-12-40(34)44-41(35)23-27/h5-20,22-25,44H,21H2,1-4H3. The number of para-hydroxylation sites is 1. The van der Waals surface area contributed by atoms with Crippen LogP contribution in [0.3, 0.4) is 0 Å². The summed E-state index contributed by atoms with van der Waals surface area (Å²) in [7, 11) is 0. The third-order valence-electron chi connectivity index (χ3n) is 10.6. The Labute approximate surface area is 259 Å². The molecule has 0 aliphatic heterocycles. The van der Waals surface area contributed by atoms with Gasteiger partial charge in [0.05, 0.1) is 0 Å². The SMILES string of the molecule is CC1(C)c2ccccc2-c2ccc(-c3ccc4c(c3)C(C)(C)c3cc(Cc5ccc6c(c5)[nH]c5ccccc56)ccc3-4)cc21. The van der Waals surface area contributed by atoms with Gasteiger partial charge in [-0.05, 0) is 97.4 Å². The number of benzene rings is 6. The zero-order valence-corrected chi connectivity index (χ0v) is 25.8. The number of aromatic nitrogens is 1. The predicted molar refractivity (Wildman–Crippen MR) is 186 cm³/mol. The van der Waals surface area contributed by atoms with Crippen molar-refractivity contribution in [3.63, 3.8) is 0 Å². The number of hydrogen-bond donors (Lipinski definition) is 1. The predicted octanol–water partition coefficient (Wildman–Crippen LogP) is 11.2. The van der Waals surface area contributed by atoms with E-state index >= 15 is 0 Å². The molecule has 1 heteroatoms. The maximum atomic E-state index is 3.61. The molecule has 0 saturated carbocycles. The molecule has 1 heterocycles. The lowest BCUT2D eigenvalue weighted by molar-refractivity contribution is 0.659. The van der Waals surface area contributed by atoms with Crippen LogP contribution in [0.1, 0.15) is 61.1 Å². The molecule has 212 valence electrons. The van der Waals surface area contributed by atoms with E-state index in [2.05, 4.69) is 154 Å². The first-order chi connectivity index (χ1) is 21.3. The molecule has 1 nitrogen and oxygen atoms in total. The van der Waals surface area contributed by atoms with Gasteiger partial charge in [0.25, 0.3) is 0 Å². The minimum Gasteiger partial charge on any atom is -0.355 e. The molecule has 0 amide bonds. The van der Waals surface area contributed by atoms with Crippen LogP contribution in [0.4, 0.5) is 0 Å². The Morgan fingerprint density at radius 1 is 0.432 bits per heavy atom. The van der Waals surface area contributed by atoms with E-state index in [0.717, 1.165) is 6.42 Å². The minimum atomic E-state index is -0.0654. The lowest BCUT2D eigenvalue weighted by atomic mass is 9.80. The van der Waals surface area contributed by atoms with Crippen LogP contribution in [-0.4, -0.2) is 4.98 Å². The lowest BCUT2D eigenvalue weighted by Gasteiger charge is -2.23. The molecule has 0 saturated heterocycles. The molecule has 6 aromatic carbocycles. The maximum Gasteiger partial charge on any atom is 0.0467 e. The Morgan fingerprint density at radius 3 is 1.70 bits per heavy atom. The van der Waals surface area contributed by atoms with E-state index in [9.17, 15) is 0 Å². The van der Waals surface area contributed by atoms with Gasteiger partial charge in [-0.15, -0.1) is 0 Å². The third kappa shape index (κ3) is 3.53. The minimum absolute atomic E-state index is 0.00342. The first kappa shape index (κ1) is 25.6. The number of fused-ring (bicyclic) bond motifs is 9. The van der Waals surface area contributed by atoms with Gasteiger partial charge in [0, 0.05) is 32.6 Å². The van der Waals surface area contributed by atoms with Gasteiger partial charge in [0.15, 0.2) is 0 Å². The van der Waals surface area contributed by atoms with Gasteiger partial charge >= 0.3 is 0 Å². The van der Waals surface area contributed by atoms with E-state index in [-0.39, 0.29) is 10.8 Å². The van der Waals surface area contributed by atoms with E-state index in [0.29, 0.717) is 0 Å². The van der Waals surface area contributed by atoms with Crippen molar-refractivity contribution >= 4 is 21.8 Å². The summed E-state index contributed by atoms with van der Waals surface area (Å²) in [6, 6.07) is 45.7. The fraction of sp³-hybridized carbons (Fsp3) is 0.163. The first-order valence-corrected chi connectivity index (χ1v) is 15.8. The lowest BCUT2D eigenvalue weighted by Crippen LogP contribution is -2.15. The van der Waals surface area contributed by atoms with Crippen LogP contribution in [-0.2, 0) is 17.3 Å². The van der Waals surface area contributed by atoms with Crippen molar-refractivity contribution in [3.8, 4) is 33.4 Å². The van der Waals surface area contributed by atoms with Gasteiger partial charge in [-0.2, -0.15) is 0 Å². The normalized spacial score (nSPS) is 15.3. The number of aromatic amines is 1. The van der Waals surface area contributed by atoms with E-state index in [4.69, 9.17) is 0 Å². The van der Waals surface area contributed by atoms with Crippen LogP contribution < -0.4 is 0 Å². The summed E-state index contributed by atoms with van der Waals surface area (Å²) in [6.45, 7) is 9.51. The van der Waals surface area contributed by atoms with Crippen molar-refractivity contribution in [1.29, 1.82) is 0 Å². The molecule has 0 atom stereocenters. The van der Waals surface area contributed by atoms with Gasteiger partial charge < -0.3 is 4.98 Å². The van der Waals surface area contributed by atoms with Crippen molar-refractivity contribution < 1.29 is 0 Å². The Morgan fingerprint density at radius 2 is 0.955 bits per heavy atom. The van der Waals surface area contributed by atoms with Crippen molar-refractivity contribution in [3.05, 3.63) is 155 Å². The molecule has 2 aliphatic carbocycles. The molecule has 44 heavy (non-hydrogen) atoms. The largest absolute Gasteiger partial charge is 0.355 e. The number of hydrogen-bond acceptors (Lipinski definition) is 0. The molecule has 0 spiro atoms. The van der Waals surface area contributed by atoms with Crippen molar-refractivity contribution in [2.45, 2.75) is 44.9 Å². The van der Waals surface area contributed by atoms with Crippen LogP contribution in [0.5, 0.6) is 0 Å². The molecule has 2 aliphatic rings. The topological polar surface area (TPSA) is 15.8 Å².